The Morgan fingerprint density at radius 2 is 2.22 bits per heavy atom. The van der Waals surface area contributed by atoms with Crippen LogP contribution in [-0.2, 0) is 4.74 Å². The molecule has 0 saturated carbocycles. The molecule has 2 rings (SSSR count). The smallest absolute Gasteiger partial charge is 0.491 e. The van der Waals surface area contributed by atoms with Gasteiger partial charge in [0.05, 0.1) is 12.2 Å². The molecule has 0 spiro atoms. The van der Waals surface area contributed by atoms with E-state index in [1.165, 1.54) is 12.1 Å². The van der Waals surface area contributed by atoms with Crippen LogP contribution < -0.4 is 10.2 Å². The van der Waals surface area contributed by atoms with Crippen LogP contribution in [0.15, 0.2) is 18.2 Å². The molecule has 1 fully saturated rings. The van der Waals surface area contributed by atoms with Crippen molar-refractivity contribution in [2.45, 2.75) is 32.0 Å². The third-order valence-corrected chi connectivity index (χ3v) is 2.99. The van der Waals surface area contributed by atoms with Crippen molar-refractivity contribution in [3.8, 4) is 5.75 Å². The molecule has 0 bridgehead atoms. The van der Waals surface area contributed by atoms with Gasteiger partial charge < -0.3 is 19.5 Å². The van der Waals surface area contributed by atoms with Gasteiger partial charge in [-0.2, -0.15) is 0 Å². The molecule has 1 aromatic carbocycles. The summed E-state index contributed by atoms with van der Waals surface area (Å²) in [6.07, 6.45) is 2.15. The highest BCUT2D eigenvalue weighted by Gasteiger charge is 2.24. The molecular formula is C12H16BFO4. The Morgan fingerprint density at radius 3 is 2.83 bits per heavy atom. The maximum absolute atomic E-state index is 13.0. The molecule has 0 aliphatic carbocycles. The van der Waals surface area contributed by atoms with Gasteiger partial charge in [-0.05, 0) is 38.0 Å². The predicted molar refractivity (Wildman–Crippen MR) is 65.3 cm³/mol. The highest BCUT2D eigenvalue weighted by molar-refractivity contribution is 6.59. The molecule has 1 aromatic rings. The van der Waals surface area contributed by atoms with Gasteiger partial charge in [-0.25, -0.2) is 4.39 Å². The first kappa shape index (κ1) is 13.3. The van der Waals surface area contributed by atoms with Crippen LogP contribution in [0.3, 0.4) is 0 Å². The van der Waals surface area contributed by atoms with Gasteiger partial charge in [-0.15, -0.1) is 0 Å². The Labute approximate surface area is 105 Å². The van der Waals surface area contributed by atoms with Gasteiger partial charge in [0.2, 0.25) is 0 Å². The highest BCUT2D eigenvalue weighted by atomic mass is 19.1. The number of hydrogen-bond donors (Lipinski definition) is 2. The first-order valence-corrected chi connectivity index (χ1v) is 6.00. The van der Waals surface area contributed by atoms with Crippen LogP contribution in [-0.4, -0.2) is 36.0 Å². The molecule has 4 nitrogen and oxygen atoms in total. The third-order valence-electron chi connectivity index (χ3n) is 2.99. The van der Waals surface area contributed by atoms with E-state index in [0.717, 1.165) is 18.9 Å². The average molecular weight is 254 g/mol. The van der Waals surface area contributed by atoms with Crippen molar-refractivity contribution in [3.63, 3.8) is 0 Å². The minimum absolute atomic E-state index is 0.00809. The largest absolute Gasteiger partial charge is 0.492 e. The fourth-order valence-electron chi connectivity index (χ4n) is 2.04. The van der Waals surface area contributed by atoms with Gasteiger partial charge in [0.1, 0.15) is 18.2 Å². The van der Waals surface area contributed by atoms with E-state index in [0.29, 0.717) is 6.61 Å². The molecule has 0 radical (unpaired) electrons. The normalized spacial score (nSPS) is 23.1. The number of benzene rings is 1. The maximum Gasteiger partial charge on any atom is 0.492 e. The van der Waals surface area contributed by atoms with E-state index in [4.69, 9.17) is 19.5 Å². The summed E-state index contributed by atoms with van der Waals surface area (Å²) in [6, 6.07) is 3.67. The molecule has 6 heteroatoms. The topological polar surface area (TPSA) is 58.9 Å². The van der Waals surface area contributed by atoms with Crippen molar-refractivity contribution in [3.05, 3.63) is 24.0 Å². The standard InChI is InChI=1S/C12H16BFO4/c1-8-2-4-10(18-8)7-17-12-5-3-9(14)6-11(12)13(15)16/h3,5-6,8,10,15-16H,2,4,7H2,1H3. The number of halogens is 1. The van der Waals surface area contributed by atoms with Gasteiger partial charge in [-0.3, -0.25) is 0 Å². The SMILES string of the molecule is CC1CCC(COc2ccc(F)cc2B(O)O)O1. The molecule has 1 saturated heterocycles. The van der Waals surface area contributed by atoms with E-state index < -0.39 is 12.9 Å². The first-order valence-electron chi connectivity index (χ1n) is 6.00. The van der Waals surface area contributed by atoms with E-state index in [1.54, 1.807) is 0 Å². The summed E-state index contributed by atoms with van der Waals surface area (Å²) in [7, 11) is -1.75. The van der Waals surface area contributed by atoms with Gasteiger partial charge in [0.25, 0.3) is 0 Å². The number of rotatable bonds is 4. The summed E-state index contributed by atoms with van der Waals surface area (Å²) in [5, 5.41) is 18.3. The lowest BCUT2D eigenvalue weighted by atomic mass is 9.79. The van der Waals surface area contributed by atoms with Crippen molar-refractivity contribution in [1.82, 2.24) is 0 Å². The van der Waals surface area contributed by atoms with E-state index >= 15 is 0 Å². The molecule has 18 heavy (non-hydrogen) atoms. The van der Waals surface area contributed by atoms with Crippen LogP contribution in [0.25, 0.3) is 0 Å². The monoisotopic (exact) mass is 254 g/mol. The Morgan fingerprint density at radius 1 is 1.44 bits per heavy atom. The second-order valence-electron chi connectivity index (χ2n) is 4.51. The first-order chi connectivity index (χ1) is 8.56. The Hall–Kier alpha value is -1.11. The summed E-state index contributed by atoms with van der Waals surface area (Å²) < 4.78 is 24.1. The zero-order valence-corrected chi connectivity index (χ0v) is 10.2. The summed E-state index contributed by atoms with van der Waals surface area (Å²) in [5.41, 5.74) is 0.0287. The quantitative estimate of drug-likeness (QED) is 0.766. The van der Waals surface area contributed by atoms with E-state index in [1.807, 2.05) is 6.92 Å². The van der Waals surface area contributed by atoms with Crippen molar-refractivity contribution >= 4 is 12.6 Å². The molecule has 1 aliphatic heterocycles. The van der Waals surface area contributed by atoms with Crippen LogP contribution in [0.5, 0.6) is 5.75 Å². The van der Waals surface area contributed by atoms with Crippen molar-refractivity contribution in [2.24, 2.45) is 0 Å². The summed E-state index contributed by atoms with van der Waals surface area (Å²) >= 11 is 0. The van der Waals surface area contributed by atoms with Crippen LogP contribution in [0, 0.1) is 5.82 Å². The van der Waals surface area contributed by atoms with Crippen molar-refractivity contribution < 1.29 is 23.9 Å². The molecular weight excluding hydrogens is 238 g/mol. The fourth-order valence-corrected chi connectivity index (χ4v) is 2.04. The van der Waals surface area contributed by atoms with Crippen LogP contribution in [0.4, 0.5) is 4.39 Å². The minimum Gasteiger partial charge on any atom is -0.491 e. The maximum atomic E-state index is 13.0. The summed E-state index contributed by atoms with van der Waals surface area (Å²) in [5.74, 6) is -0.259. The number of ether oxygens (including phenoxy) is 2. The molecule has 1 aliphatic rings. The second-order valence-corrected chi connectivity index (χ2v) is 4.51. The lowest BCUT2D eigenvalue weighted by Crippen LogP contribution is -2.33. The zero-order valence-electron chi connectivity index (χ0n) is 10.2. The lowest BCUT2D eigenvalue weighted by Gasteiger charge is -2.15. The third kappa shape index (κ3) is 3.22. The van der Waals surface area contributed by atoms with E-state index in [2.05, 4.69) is 0 Å². The zero-order chi connectivity index (χ0) is 13.1. The molecule has 1 heterocycles. The lowest BCUT2D eigenvalue weighted by molar-refractivity contribution is 0.0266. The molecule has 0 amide bonds. The molecule has 2 N–H and O–H groups in total. The Bertz CT molecular complexity index is 413. The minimum atomic E-state index is -1.75. The molecule has 2 unspecified atom stereocenters. The predicted octanol–water partition coefficient (Wildman–Crippen LogP) is 0.452. The molecule has 2 atom stereocenters. The van der Waals surface area contributed by atoms with E-state index in [-0.39, 0.29) is 23.4 Å². The van der Waals surface area contributed by atoms with Gasteiger partial charge in [0.15, 0.2) is 0 Å². The van der Waals surface area contributed by atoms with Gasteiger partial charge in [-0.1, -0.05) is 0 Å². The van der Waals surface area contributed by atoms with Gasteiger partial charge in [0, 0.05) is 5.46 Å². The Kier molecular flexibility index (Phi) is 4.21. The second kappa shape index (κ2) is 5.69. The highest BCUT2D eigenvalue weighted by Crippen LogP contribution is 2.20. The van der Waals surface area contributed by atoms with Gasteiger partial charge >= 0.3 is 7.12 Å². The van der Waals surface area contributed by atoms with Crippen LogP contribution in [0.2, 0.25) is 0 Å². The van der Waals surface area contributed by atoms with E-state index in [9.17, 15) is 4.39 Å². The summed E-state index contributed by atoms with van der Waals surface area (Å²) in [6.45, 7) is 2.33. The fraction of sp³-hybridized carbons (Fsp3) is 0.500. The van der Waals surface area contributed by atoms with Crippen molar-refractivity contribution in [2.75, 3.05) is 6.61 Å². The van der Waals surface area contributed by atoms with Crippen LogP contribution in [0.1, 0.15) is 19.8 Å². The molecule has 98 valence electrons. The molecule has 0 aromatic heterocycles. The average Bonchev–Trinajstić information content (AvgIpc) is 2.73. The Balaban J connectivity index is 2.00. The number of hydrogen-bond acceptors (Lipinski definition) is 4. The summed E-state index contributed by atoms with van der Waals surface area (Å²) in [4.78, 5) is 0. The van der Waals surface area contributed by atoms with Crippen molar-refractivity contribution in [1.29, 1.82) is 0 Å². The van der Waals surface area contributed by atoms with Crippen LogP contribution >= 0.6 is 0 Å².